The van der Waals surface area contributed by atoms with E-state index < -0.39 is 0 Å². The third-order valence-corrected chi connectivity index (χ3v) is 6.08. The molecule has 1 aliphatic heterocycles. The highest BCUT2D eigenvalue weighted by molar-refractivity contribution is 7.09. The molecule has 0 unspecified atom stereocenters. The topological polar surface area (TPSA) is 54.9 Å². The molecular formula is C20H25N3O3S. The van der Waals surface area contributed by atoms with Crippen LogP contribution in [0, 0.1) is 0 Å². The zero-order valence-electron chi connectivity index (χ0n) is 15.8. The van der Waals surface area contributed by atoms with E-state index >= 15 is 0 Å². The first-order valence-corrected chi connectivity index (χ1v) is 10.2. The molecule has 2 heterocycles. The summed E-state index contributed by atoms with van der Waals surface area (Å²) in [5, 5.41) is 3.39. The molecule has 1 aromatic heterocycles. The first kappa shape index (κ1) is 18.3. The summed E-state index contributed by atoms with van der Waals surface area (Å²) in [6.45, 7) is 3.96. The molecule has 2 aromatic rings. The average Bonchev–Trinajstić information content (AvgIpc) is 3.46. The van der Waals surface area contributed by atoms with Gasteiger partial charge in [0.15, 0.2) is 0 Å². The van der Waals surface area contributed by atoms with Crippen LogP contribution in [0.3, 0.4) is 0 Å². The van der Waals surface area contributed by atoms with Crippen molar-refractivity contribution in [2.45, 2.75) is 25.3 Å². The Morgan fingerprint density at radius 2 is 1.81 bits per heavy atom. The highest BCUT2D eigenvalue weighted by atomic mass is 32.1. The van der Waals surface area contributed by atoms with E-state index in [1.54, 1.807) is 37.7 Å². The molecule has 4 rings (SSSR count). The second-order valence-electron chi connectivity index (χ2n) is 7.05. The molecule has 1 aromatic carbocycles. The summed E-state index contributed by atoms with van der Waals surface area (Å²) in [5.74, 6) is 1.78. The van der Waals surface area contributed by atoms with Gasteiger partial charge in [0.2, 0.25) is 0 Å². The predicted octanol–water partition coefficient (Wildman–Crippen LogP) is 3.00. The van der Waals surface area contributed by atoms with E-state index in [0.717, 1.165) is 19.6 Å². The fraction of sp³-hybridized carbons (Fsp3) is 0.500. The van der Waals surface area contributed by atoms with E-state index in [0.29, 0.717) is 36.1 Å². The van der Waals surface area contributed by atoms with Crippen LogP contribution < -0.4 is 9.47 Å². The quantitative estimate of drug-likeness (QED) is 0.763. The van der Waals surface area contributed by atoms with Gasteiger partial charge in [0.25, 0.3) is 5.91 Å². The number of thiazole rings is 1. The molecule has 1 aliphatic carbocycles. The van der Waals surface area contributed by atoms with Gasteiger partial charge in [-0.25, -0.2) is 4.98 Å². The fourth-order valence-electron chi connectivity index (χ4n) is 3.48. The first-order valence-electron chi connectivity index (χ1n) is 9.36. The van der Waals surface area contributed by atoms with E-state index in [1.807, 2.05) is 11.0 Å². The van der Waals surface area contributed by atoms with Gasteiger partial charge in [-0.2, -0.15) is 0 Å². The Bertz CT molecular complexity index is 788. The molecule has 7 heteroatoms. The number of hydrogen-bond acceptors (Lipinski definition) is 6. The molecule has 2 aliphatic rings. The SMILES string of the molecule is COc1cccc(OC)c1C(=O)N1CCN(Cc2nc(C3CC3)cs2)CC1. The van der Waals surface area contributed by atoms with Crippen LogP contribution in [-0.4, -0.2) is 61.1 Å². The molecule has 2 fully saturated rings. The second-order valence-corrected chi connectivity index (χ2v) is 7.99. The number of ether oxygens (including phenoxy) is 2. The Hall–Kier alpha value is -2.12. The molecule has 1 saturated heterocycles. The van der Waals surface area contributed by atoms with Gasteiger partial charge in [-0.1, -0.05) is 6.07 Å². The lowest BCUT2D eigenvalue weighted by Gasteiger charge is -2.34. The summed E-state index contributed by atoms with van der Waals surface area (Å²) < 4.78 is 10.8. The van der Waals surface area contributed by atoms with Crippen LogP contribution >= 0.6 is 11.3 Å². The molecule has 0 spiro atoms. The van der Waals surface area contributed by atoms with Gasteiger partial charge in [0.05, 0.1) is 26.5 Å². The number of methoxy groups -OCH3 is 2. The normalized spacial score (nSPS) is 17.8. The molecule has 144 valence electrons. The van der Waals surface area contributed by atoms with Crippen molar-refractivity contribution in [2.24, 2.45) is 0 Å². The van der Waals surface area contributed by atoms with E-state index in [-0.39, 0.29) is 5.91 Å². The number of nitrogens with zero attached hydrogens (tertiary/aromatic N) is 3. The third kappa shape index (κ3) is 3.94. The first-order chi connectivity index (χ1) is 13.2. The summed E-state index contributed by atoms with van der Waals surface area (Å²) >= 11 is 1.76. The van der Waals surface area contributed by atoms with Gasteiger partial charge >= 0.3 is 0 Å². The highest BCUT2D eigenvalue weighted by Gasteiger charge is 2.28. The molecule has 0 N–H and O–H groups in total. The van der Waals surface area contributed by atoms with Crippen molar-refractivity contribution in [2.75, 3.05) is 40.4 Å². The van der Waals surface area contributed by atoms with Crippen LogP contribution in [0.1, 0.15) is 39.8 Å². The number of rotatable bonds is 6. The minimum atomic E-state index is -0.0331. The Morgan fingerprint density at radius 3 is 2.41 bits per heavy atom. The molecule has 6 nitrogen and oxygen atoms in total. The lowest BCUT2D eigenvalue weighted by molar-refractivity contribution is 0.0622. The summed E-state index contributed by atoms with van der Waals surface area (Å²) in [4.78, 5) is 22.1. The van der Waals surface area contributed by atoms with E-state index in [9.17, 15) is 4.79 Å². The number of amides is 1. The van der Waals surface area contributed by atoms with Gasteiger partial charge in [-0.05, 0) is 25.0 Å². The van der Waals surface area contributed by atoms with Crippen molar-refractivity contribution in [1.29, 1.82) is 0 Å². The summed E-state index contributed by atoms with van der Waals surface area (Å²) in [6, 6.07) is 5.42. The monoisotopic (exact) mass is 387 g/mol. The number of benzene rings is 1. The van der Waals surface area contributed by atoms with Crippen LogP contribution in [-0.2, 0) is 6.54 Å². The molecule has 1 amide bonds. The Kier molecular flexibility index (Phi) is 5.31. The summed E-state index contributed by atoms with van der Waals surface area (Å²) in [5.41, 5.74) is 1.78. The predicted molar refractivity (Wildman–Crippen MR) is 105 cm³/mol. The lowest BCUT2D eigenvalue weighted by atomic mass is 10.1. The lowest BCUT2D eigenvalue weighted by Crippen LogP contribution is -2.48. The van der Waals surface area contributed by atoms with Gasteiger partial charge in [-0.3, -0.25) is 9.69 Å². The minimum Gasteiger partial charge on any atom is -0.496 e. The van der Waals surface area contributed by atoms with Crippen molar-refractivity contribution >= 4 is 17.2 Å². The zero-order chi connectivity index (χ0) is 18.8. The molecule has 0 atom stereocenters. The van der Waals surface area contributed by atoms with Crippen LogP contribution in [0.5, 0.6) is 11.5 Å². The van der Waals surface area contributed by atoms with Crippen LogP contribution in [0.25, 0.3) is 0 Å². The van der Waals surface area contributed by atoms with Crippen molar-refractivity contribution in [1.82, 2.24) is 14.8 Å². The Balaban J connectivity index is 1.38. The van der Waals surface area contributed by atoms with Crippen LogP contribution in [0.4, 0.5) is 0 Å². The number of aromatic nitrogens is 1. The minimum absolute atomic E-state index is 0.0331. The van der Waals surface area contributed by atoms with Crippen LogP contribution in [0.15, 0.2) is 23.6 Å². The fourth-order valence-corrected chi connectivity index (χ4v) is 4.40. The maximum atomic E-state index is 13.0. The van der Waals surface area contributed by atoms with Gasteiger partial charge in [0.1, 0.15) is 22.1 Å². The van der Waals surface area contributed by atoms with Crippen molar-refractivity contribution in [3.8, 4) is 11.5 Å². The molecule has 0 bridgehead atoms. The maximum absolute atomic E-state index is 13.0. The van der Waals surface area contributed by atoms with E-state index in [2.05, 4.69) is 10.3 Å². The van der Waals surface area contributed by atoms with Crippen molar-refractivity contribution in [3.05, 3.63) is 39.8 Å². The Morgan fingerprint density at radius 1 is 1.15 bits per heavy atom. The highest BCUT2D eigenvalue weighted by Crippen LogP contribution is 2.40. The number of carbonyl (C=O) groups excluding carboxylic acids is 1. The maximum Gasteiger partial charge on any atom is 0.261 e. The van der Waals surface area contributed by atoms with Crippen molar-refractivity contribution < 1.29 is 14.3 Å². The van der Waals surface area contributed by atoms with E-state index in [4.69, 9.17) is 14.5 Å². The molecule has 0 radical (unpaired) electrons. The molecular weight excluding hydrogens is 362 g/mol. The number of carbonyl (C=O) groups is 1. The van der Waals surface area contributed by atoms with Crippen LogP contribution in [0.2, 0.25) is 0 Å². The largest absolute Gasteiger partial charge is 0.496 e. The summed E-state index contributed by atoms with van der Waals surface area (Å²) in [7, 11) is 3.15. The zero-order valence-corrected chi connectivity index (χ0v) is 16.6. The Labute approximate surface area is 163 Å². The van der Waals surface area contributed by atoms with Gasteiger partial charge < -0.3 is 14.4 Å². The third-order valence-electron chi connectivity index (χ3n) is 5.23. The number of piperazine rings is 1. The smallest absolute Gasteiger partial charge is 0.261 e. The number of hydrogen-bond donors (Lipinski definition) is 0. The second kappa shape index (κ2) is 7.86. The summed E-state index contributed by atoms with van der Waals surface area (Å²) in [6.07, 6.45) is 2.58. The average molecular weight is 388 g/mol. The standard InChI is InChI=1S/C20H25N3O3S/c1-25-16-4-3-5-17(26-2)19(16)20(24)23-10-8-22(9-11-23)12-18-21-15(13-27-18)14-6-7-14/h3-5,13-14H,6-12H2,1-2H3. The molecule has 1 saturated carbocycles. The van der Waals surface area contributed by atoms with Gasteiger partial charge in [0, 0.05) is 37.5 Å². The molecule has 27 heavy (non-hydrogen) atoms. The van der Waals surface area contributed by atoms with Gasteiger partial charge in [-0.15, -0.1) is 11.3 Å². The van der Waals surface area contributed by atoms with Crippen molar-refractivity contribution in [3.63, 3.8) is 0 Å². The van der Waals surface area contributed by atoms with E-state index in [1.165, 1.54) is 23.5 Å².